The Morgan fingerprint density at radius 1 is 1.09 bits per heavy atom. The molecule has 4 nitrogen and oxygen atoms in total. The molecule has 0 radical (unpaired) electrons. The quantitative estimate of drug-likeness (QED) is 0.674. The number of ether oxygens (including phenoxy) is 2. The van der Waals surface area contributed by atoms with E-state index in [1.165, 1.54) is 24.8 Å². The van der Waals surface area contributed by atoms with Crippen LogP contribution in [-0.4, -0.2) is 18.6 Å². The number of benzene rings is 1. The predicted octanol–water partition coefficient (Wildman–Crippen LogP) is 3.95. The van der Waals surface area contributed by atoms with Crippen LogP contribution in [-0.2, 0) is 13.2 Å². The highest BCUT2D eigenvalue weighted by molar-refractivity contribution is 5.43. The van der Waals surface area contributed by atoms with Crippen molar-refractivity contribution in [3.63, 3.8) is 0 Å². The van der Waals surface area contributed by atoms with Gasteiger partial charge in [-0.3, -0.25) is 4.98 Å². The van der Waals surface area contributed by atoms with Gasteiger partial charge in [0.2, 0.25) is 0 Å². The molecule has 1 aromatic heterocycles. The molecule has 23 heavy (non-hydrogen) atoms. The van der Waals surface area contributed by atoms with Crippen molar-refractivity contribution >= 4 is 0 Å². The Morgan fingerprint density at radius 3 is 2.74 bits per heavy atom. The first-order valence-corrected chi connectivity index (χ1v) is 8.24. The lowest BCUT2D eigenvalue weighted by atomic mass is 10.2. The van der Waals surface area contributed by atoms with Crippen LogP contribution in [0.2, 0.25) is 0 Å². The topological polar surface area (TPSA) is 43.4 Å². The number of methoxy groups -OCH3 is 1. The Balaban J connectivity index is 1.88. The van der Waals surface area contributed by atoms with Gasteiger partial charge in [0.05, 0.1) is 12.8 Å². The summed E-state index contributed by atoms with van der Waals surface area (Å²) in [5, 5.41) is 3.46. The zero-order chi connectivity index (χ0) is 16.3. The number of pyridine rings is 1. The number of nitrogens with one attached hydrogen (secondary N) is 1. The molecule has 0 unspecified atom stereocenters. The van der Waals surface area contributed by atoms with E-state index in [-0.39, 0.29) is 0 Å². The molecular formula is C19H26N2O2. The molecular weight excluding hydrogens is 288 g/mol. The molecule has 2 rings (SSSR count). The zero-order valence-corrected chi connectivity index (χ0v) is 14.0. The summed E-state index contributed by atoms with van der Waals surface area (Å²) in [5.74, 6) is 1.50. The Labute approximate surface area is 138 Å². The van der Waals surface area contributed by atoms with E-state index in [0.29, 0.717) is 6.61 Å². The maximum atomic E-state index is 5.82. The van der Waals surface area contributed by atoms with Gasteiger partial charge in [-0.05, 0) is 42.8 Å². The predicted molar refractivity (Wildman–Crippen MR) is 92.8 cm³/mol. The third-order valence-corrected chi connectivity index (χ3v) is 3.62. The summed E-state index contributed by atoms with van der Waals surface area (Å²) in [5.41, 5.74) is 2.10. The Kier molecular flexibility index (Phi) is 7.40. The normalized spacial score (nSPS) is 10.5. The molecule has 0 atom stereocenters. The second kappa shape index (κ2) is 9.85. The molecule has 2 aromatic rings. The third kappa shape index (κ3) is 5.91. The van der Waals surface area contributed by atoms with Gasteiger partial charge in [0.1, 0.15) is 6.61 Å². The van der Waals surface area contributed by atoms with Crippen molar-refractivity contribution in [3.05, 3.63) is 53.9 Å². The average molecular weight is 314 g/mol. The lowest BCUT2D eigenvalue weighted by Gasteiger charge is -2.12. The summed E-state index contributed by atoms with van der Waals surface area (Å²) in [6, 6.07) is 11.9. The maximum Gasteiger partial charge on any atom is 0.161 e. The highest BCUT2D eigenvalue weighted by Crippen LogP contribution is 2.28. The van der Waals surface area contributed by atoms with E-state index < -0.39 is 0 Å². The summed E-state index contributed by atoms with van der Waals surface area (Å²) >= 11 is 0. The van der Waals surface area contributed by atoms with E-state index in [2.05, 4.69) is 23.3 Å². The molecule has 0 spiro atoms. The molecule has 0 bridgehead atoms. The van der Waals surface area contributed by atoms with Gasteiger partial charge >= 0.3 is 0 Å². The van der Waals surface area contributed by atoms with E-state index >= 15 is 0 Å². The molecule has 4 heteroatoms. The summed E-state index contributed by atoms with van der Waals surface area (Å²) in [6.07, 6.45) is 5.51. The van der Waals surface area contributed by atoms with Crippen LogP contribution in [0.15, 0.2) is 42.6 Å². The van der Waals surface area contributed by atoms with Crippen molar-refractivity contribution in [1.82, 2.24) is 10.3 Å². The standard InChI is InChI=1S/C19H26N2O2/c1-3-4-6-11-20-14-16-9-10-18(19(13-16)22-2)23-15-17-8-5-7-12-21-17/h5,7-10,12-13,20H,3-4,6,11,14-15H2,1-2H3. The largest absolute Gasteiger partial charge is 0.493 e. The number of aromatic nitrogens is 1. The van der Waals surface area contributed by atoms with Crippen LogP contribution in [0.25, 0.3) is 0 Å². The van der Waals surface area contributed by atoms with Crippen molar-refractivity contribution in [2.24, 2.45) is 0 Å². The van der Waals surface area contributed by atoms with Crippen molar-refractivity contribution in [1.29, 1.82) is 0 Å². The lowest BCUT2D eigenvalue weighted by molar-refractivity contribution is 0.280. The van der Waals surface area contributed by atoms with E-state index in [4.69, 9.17) is 9.47 Å². The molecule has 0 aliphatic heterocycles. The molecule has 0 aliphatic rings. The van der Waals surface area contributed by atoms with Crippen LogP contribution in [0.3, 0.4) is 0 Å². The third-order valence-electron chi connectivity index (χ3n) is 3.62. The van der Waals surface area contributed by atoms with Crippen LogP contribution >= 0.6 is 0 Å². The fraction of sp³-hybridized carbons (Fsp3) is 0.421. The molecule has 0 amide bonds. The van der Waals surface area contributed by atoms with Crippen LogP contribution in [0.5, 0.6) is 11.5 Å². The van der Waals surface area contributed by atoms with E-state index in [1.807, 2.05) is 30.3 Å². The minimum absolute atomic E-state index is 0.436. The van der Waals surface area contributed by atoms with Gasteiger partial charge in [-0.25, -0.2) is 0 Å². The Morgan fingerprint density at radius 2 is 2.00 bits per heavy atom. The van der Waals surface area contributed by atoms with Gasteiger partial charge in [0.25, 0.3) is 0 Å². The summed E-state index contributed by atoms with van der Waals surface area (Å²) < 4.78 is 11.3. The average Bonchev–Trinajstić information content (AvgIpc) is 2.61. The summed E-state index contributed by atoms with van der Waals surface area (Å²) in [7, 11) is 1.67. The lowest BCUT2D eigenvalue weighted by Crippen LogP contribution is -2.14. The van der Waals surface area contributed by atoms with Crippen LogP contribution < -0.4 is 14.8 Å². The minimum Gasteiger partial charge on any atom is -0.493 e. The number of nitrogens with zero attached hydrogens (tertiary/aromatic N) is 1. The maximum absolute atomic E-state index is 5.82. The van der Waals surface area contributed by atoms with E-state index in [0.717, 1.165) is 30.3 Å². The molecule has 0 fully saturated rings. The second-order valence-electron chi connectivity index (χ2n) is 5.48. The first kappa shape index (κ1) is 17.3. The van der Waals surface area contributed by atoms with Crippen molar-refractivity contribution < 1.29 is 9.47 Å². The highest BCUT2D eigenvalue weighted by Gasteiger charge is 2.06. The fourth-order valence-electron chi connectivity index (χ4n) is 2.31. The van der Waals surface area contributed by atoms with Crippen LogP contribution in [0, 0.1) is 0 Å². The van der Waals surface area contributed by atoms with Crippen molar-refractivity contribution in [2.75, 3.05) is 13.7 Å². The van der Waals surface area contributed by atoms with Gasteiger partial charge < -0.3 is 14.8 Å². The van der Waals surface area contributed by atoms with Crippen molar-refractivity contribution in [3.8, 4) is 11.5 Å². The first-order chi connectivity index (χ1) is 11.3. The number of unbranched alkanes of at least 4 members (excludes halogenated alkanes) is 2. The summed E-state index contributed by atoms with van der Waals surface area (Å²) in [6.45, 7) is 4.55. The van der Waals surface area contributed by atoms with Gasteiger partial charge in [-0.15, -0.1) is 0 Å². The van der Waals surface area contributed by atoms with Crippen molar-refractivity contribution in [2.45, 2.75) is 39.3 Å². The molecule has 0 aliphatic carbocycles. The molecule has 1 heterocycles. The smallest absolute Gasteiger partial charge is 0.161 e. The first-order valence-electron chi connectivity index (χ1n) is 8.24. The molecule has 1 aromatic carbocycles. The van der Waals surface area contributed by atoms with Gasteiger partial charge in [-0.2, -0.15) is 0 Å². The zero-order valence-electron chi connectivity index (χ0n) is 14.0. The number of hydrogen-bond acceptors (Lipinski definition) is 4. The van der Waals surface area contributed by atoms with Gasteiger partial charge in [0.15, 0.2) is 11.5 Å². The molecule has 0 saturated heterocycles. The molecule has 124 valence electrons. The molecule has 0 saturated carbocycles. The van der Waals surface area contributed by atoms with Gasteiger partial charge in [0, 0.05) is 12.7 Å². The highest BCUT2D eigenvalue weighted by atomic mass is 16.5. The van der Waals surface area contributed by atoms with Crippen LogP contribution in [0.4, 0.5) is 0 Å². The monoisotopic (exact) mass is 314 g/mol. The van der Waals surface area contributed by atoms with Gasteiger partial charge in [-0.1, -0.05) is 31.9 Å². The minimum atomic E-state index is 0.436. The van der Waals surface area contributed by atoms with E-state index in [9.17, 15) is 0 Å². The Bertz CT molecular complexity index is 573. The van der Waals surface area contributed by atoms with E-state index in [1.54, 1.807) is 13.3 Å². The SMILES string of the molecule is CCCCCNCc1ccc(OCc2ccccn2)c(OC)c1. The number of hydrogen-bond donors (Lipinski definition) is 1. The van der Waals surface area contributed by atoms with Crippen LogP contribution in [0.1, 0.15) is 37.4 Å². The Hall–Kier alpha value is -2.07. The fourth-order valence-corrected chi connectivity index (χ4v) is 2.31. The molecule has 1 N–H and O–H groups in total. The second-order valence-corrected chi connectivity index (χ2v) is 5.48. The number of rotatable bonds is 10. The summed E-state index contributed by atoms with van der Waals surface area (Å²) in [4.78, 5) is 4.26.